The lowest BCUT2D eigenvalue weighted by molar-refractivity contribution is -0.130. The summed E-state index contributed by atoms with van der Waals surface area (Å²) in [5.74, 6) is 1.22. The number of rotatable bonds is 6. The number of nitrogens with zero attached hydrogens (tertiary/aromatic N) is 4. The van der Waals surface area contributed by atoms with E-state index in [0.717, 1.165) is 44.6 Å². The first-order valence-corrected chi connectivity index (χ1v) is 9.11. The molecule has 0 saturated carbocycles. The summed E-state index contributed by atoms with van der Waals surface area (Å²) in [5, 5.41) is 8.62. The molecule has 1 N–H and O–H groups in total. The summed E-state index contributed by atoms with van der Waals surface area (Å²) in [5.41, 5.74) is 2.59. The molecule has 6 nitrogen and oxygen atoms in total. The number of carbonyl (C=O) groups is 1. The molecule has 0 spiro atoms. The normalized spacial score (nSPS) is 20.6. The van der Waals surface area contributed by atoms with Crippen molar-refractivity contribution in [1.82, 2.24) is 19.8 Å². The summed E-state index contributed by atoms with van der Waals surface area (Å²) in [6.45, 7) is 2.32. The third-order valence-electron chi connectivity index (χ3n) is 5.25. The van der Waals surface area contributed by atoms with Gasteiger partial charge in [-0.3, -0.25) is 9.69 Å². The molecular weight excluding hydrogens is 302 g/mol. The molecule has 1 amide bonds. The topological polar surface area (TPSA) is 76.0 Å². The molecule has 2 aliphatic rings. The third-order valence-corrected chi connectivity index (χ3v) is 5.25. The third kappa shape index (κ3) is 3.78. The number of aryl methyl sites for hydroxylation is 2. The lowest BCUT2D eigenvalue weighted by atomic mass is 10.0. The lowest BCUT2D eigenvalue weighted by Gasteiger charge is -2.24. The van der Waals surface area contributed by atoms with Gasteiger partial charge in [-0.2, -0.15) is 5.26 Å². The molecule has 1 aliphatic carbocycles. The maximum atomic E-state index is 12.2. The molecule has 1 aliphatic heterocycles. The van der Waals surface area contributed by atoms with E-state index in [2.05, 4.69) is 16.0 Å². The van der Waals surface area contributed by atoms with Crippen molar-refractivity contribution in [3.63, 3.8) is 0 Å². The molecule has 130 valence electrons. The number of aromatic amines is 1. The summed E-state index contributed by atoms with van der Waals surface area (Å²) in [6.07, 6.45) is 7.91. The molecule has 1 atom stereocenters. The molecule has 0 radical (unpaired) electrons. The second-order valence-corrected chi connectivity index (χ2v) is 6.92. The van der Waals surface area contributed by atoms with Crippen LogP contribution in [0.15, 0.2) is 0 Å². The zero-order valence-electron chi connectivity index (χ0n) is 14.6. The summed E-state index contributed by atoms with van der Waals surface area (Å²) in [6, 6.07) is 2.41. The Kier molecular flexibility index (Phi) is 5.52. The Hall–Kier alpha value is -1.87. The fraction of sp³-hybridized carbons (Fsp3) is 0.722. The van der Waals surface area contributed by atoms with E-state index in [1.807, 2.05) is 0 Å². The summed E-state index contributed by atoms with van der Waals surface area (Å²) < 4.78 is 0. The Morgan fingerprint density at radius 1 is 1.42 bits per heavy atom. The quantitative estimate of drug-likeness (QED) is 0.868. The van der Waals surface area contributed by atoms with Crippen molar-refractivity contribution in [2.24, 2.45) is 0 Å². The highest BCUT2D eigenvalue weighted by atomic mass is 16.2. The van der Waals surface area contributed by atoms with Gasteiger partial charge >= 0.3 is 0 Å². The van der Waals surface area contributed by atoms with Crippen LogP contribution in [0, 0.1) is 11.3 Å². The Morgan fingerprint density at radius 2 is 2.25 bits per heavy atom. The van der Waals surface area contributed by atoms with Crippen LogP contribution in [0.25, 0.3) is 0 Å². The fourth-order valence-corrected chi connectivity index (χ4v) is 3.81. The lowest BCUT2D eigenvalue weighted by Crippen LogP contribution is -2.32. The first-order valence-electron chi connectivity index (χ1n) is 9.11. The summed E-state index contributed by atoms with van der Waals surface area (Å²) in [4.78, 5) is 24.6. The van der Waals surface area contributed by atoms with Crippen LogP contribution in [0.2, 0.25) is 0 Å². The molecule has 2 heterocycles. The Bertz CT molecular complexity index is 594. The van der Waals surface area contributed by atoms with Crippen molar-refractivity contribution in [3.05, 3.63) is 17.2 Å². The van der Waals surface area contributed by atoms with Crippen LogP contribution in [-0.2, 0) is 17.6 Å². The molecule has 1 aromatic heterocycles. The van der Waals surface area contributed by atoms with Crippen LogP contribution in [0.4, 0.5) is 0 Å². The number of carbonyl (C=O) groups excluding carboxylic acids is 1. The van der Waals surface area contributed by atoms with Crippen LogP contribution < -0.4 is 0 Å². The van der Waals surface area contributed by atoms with Crippen LogP contribution in [0.5, 0.6) is 0 Å². The van der Waals surface area contributed by atoms with E-state index in [1.54, 1.807) is 11.9 Å². The van der Waals surface area contributed by atoms with Gasteiger partial charge in [0, 0.05) is 32.3 Å². The van der Waals surface area contributed by atoms with Gasteiger partial charge in [-0.25, -0.2) is 4.98 Å². The average Bonchev–Trinajstić information content (AvgIpc) is 3.23. The molecule has 6 heteroatoms. The number of nitriles is 1. The van der Waals surface area contributed by atoms with E-state index in [1.165, 1.54) is 24.2 Å². The number of aromatic nitrogens is 2. The van der Waals surface area contributed by atoms with Gasteiger partial charge < -0.3 is 9.88 Å². The van der Waals surface area contributed by atoms with Crippen LogP contribution in [-0.4, -0.2) is 52.4 Å². The Labute approximate surface area is 143 Å². The predicted molar refractivity (Wildman–Crippen MR) is 91.3 cm³/mol. The fourth-order valence-electron chi connectivity index (χ4n) is 3.81. The van der Waals surface area contributed by atoms with E-state index in [-0.39, 0.29) is 5.91 Å². The van der Waals surface area contributed by atoms with E-state index in [4.69, 9.17) is 10.2 Å². The Morgan fingerprint density at radius 3 is 3.04 bits per heavy atom. The maximum Gasteiger partial charge on any atom is 0.223 e. The molecule has 1 unspecified atom stereocenters. The zero-order chi connectivity index (χ0) is 16.9. The number of amides is 1. The zero-order valence-corrected chi connectivity index (χ0v) is 14.6. The van der Waals surface area contributed by atoms with E-state index in [9.17, 15) is 4.79 Å². The van der Waals surface area contributed by atoms with E-state index in [0.29, 0.717) is 25.4 Å². The van der Waals surface area contributed by atoms with E-state index < -0.39 is 0 Å². The second-order valence-electron chi connectivity index (χ2n) is 6.92. The minimum absolute atomic E-state index is 0.120. The monoisotopic (exact) mass is 329 g/mol. The highest BCUT2D eigenvalue weighted by Crippen LogP contribution is 2.32. The minimum Gasteiger partial charge on any atom is -0.345 e. The number of H-pyrrole nitrogens is 1. The van der Waals surface area contributed by atoms with E-state index >= 15 is 0 Å². The Balaban J connectivity index is 1.57. The predicted octanol–water partition coefficient (Wildman–Crippen LogP) is 2.19. The molecule has 3 rings (SSSR count). The first kappa shape index (κ1) is 17.0. The van der Waals surface area contributed by atoms with Crippen LogP contribution in [0.3, 0.4) is 0 Å². The summed E-state index contributed by atoms with van der Waals surface area (Å²) >= 11 is 0. The van der Waals surface area contributed by atoms with Gasteiger partial charge in [0.05, 0.1) is 24.2 Å². The van der Waals surface area contributed by atoms with Gasteiger partial charge in [-0.15, -0.1) is 0 Å². The van der Waals surface area contributed by atoms with Gasteiger partial charge in [0.2, 0.25) is 5.91 Å². The van der Waals surface area contributed by atoms with Gasteiger partial charge in [0.1, 0.15) is 5.82 Å². The van der Waals surface area contributed by atoms with Crippen molar-refractivity contribution in [2.75, 3.05) is 26.7 Å². The highest BCUT2D eigenvalue weighted by molar-refractivity contribution is 5.76. The highest BCUT2D eigenvalue weighted by Gasteiger charge is 2.30. The number of hydrogen-bond acceptors (Lipinski definition) is 4. The summed E-state index contributed by atoms with van der Waals surface area (Å²) in [7, 11) is 1.78. The minimum atomic E-state index is 0.120. The van der Waals surface area contributed by atoms with Crippen molar-refractivity contribution >= 4 is 5.91 Å². The smallest absolute Gasteiger partial charge is 0.223 e. The molecule has 1 saturated heterocycles. The molecule has 1 aromatic rings. The molecule has 0 aromatic carbocycles. The number of imidazole rings is 1. The standard InChI is InChI=1S/C18H27N5O/c1-22(11-5-10-19)17(24)9-13-23-12-4-8-16(23)18-20-14-6-2-3-7-15(14)21-18/h16H,2-9,11-13H2,1H3,(H,20,21). The molecule has 24 heavy (non-hydrogen) atoms. The SMILES string of the molecule is CN(CCC#N)C(=O)CCN1CCCC1c1nc2c([nH]1)CCCC2. The van der Waals surface area contributed by atoms with Crippen molar-refractivity contribution in [2.45, 2.75) is 57.4 Å². The maximum absolute atomic E-state index is 12.2. The van der Waals surface area contributed by atoms with Crippen LogP contribution >= 0.6 is 0 Å². The number of nitrogens with one attached hydrogen (secondary N) is 1. The van der Waals surface area contributed by atoms with Crippen molar-refractivity contribution in [3.8, 4) is 6.07 Å². The van der Waals surface area contributed by atoms with Gasteiger partial charge in [0.25, 0.3) is 0 Å². The van der Waals surface area contributed by atoms with Gasteiger partial charge in [-0.1, -0.05) is 0 Å². The molecular formula is C18H27N5O. The number of hydrogen-bond donors (Lipinski definition) is 1. The van der Waals surface area contributed by atoms with Crippen LogP contribution in [0.1, 0.15) is 61.8 Å². The van der Waals surface area contributed by atoms with Crippen molar-refractivity contribution in [1.29, 1.82) is 5.26 Å². The number of likely N-dealkylation sites (tertiary alicyclic amines) is 1. The number of fused-ring (bicyclic) bond motifs is 1. The van der Waals surface area contributed by atoms with Gasteiger partial charge in [-0.05, 0) is 45.1 Å². The second kappa shape index (κ2) is 7.80. The molecule has 1 fully saturated rings. The first-order chi connectivity index (χ1) is 11.7. The average molecular weight is 329 g/mol. The van der Waals surface area contributed by atoms with Crippen molar-refractivity contribution < 1.29 is 4.79 Å². The van der Waals surface area contributed by atoms with Gasteiger partial charge in [0.15, 0.2) is 0 Å². The molecule has 0 bridgehead atoms. The largest absolute Gasteiger partial charge is 0.345 e.